The maximum absolute atomic E-state index is 12.9. The minimum atomic E-state index is -0.404. The molecular weight excluding hydrogens is 603 g/mol. The van der Waals surface area contributed by atoms with Crippen molar-refractivity contribution >= 4 is 79.7 Å². The molecule has 1 heterocycles. The van der Waals surface area contributed by atoms with E-state index in [2.05, 4.69) is 21.2 Å². The van der Waals surface area contributed by atoms with Gasteiger partial charge in [-0.15, -0.1) is 0 Å². The summed E-state index contributed by atoms with van der Waals surface area (Å²) in [4.78, 5) is 39.1. The fourth-order valence-electron chi connectivity index (χ4n) is 3.39. The molecule has 1 saturated heterocycles. The van der Waals surface area contributed by atoms with Crippen molar-refractivity contribution in [2.75, 3.05) is 19.0 Å². The van der Waals surface area contributed by atoms with Crippen LogP contribution < -0.4 is 14.8 Å². The second kappa shape index (κ2) is 12.0. The van der Waals surface area contributed by atoms with Gasteiger partial charge in [0.25, 0.3) is 17.1 Å². The van der Waals surface area contributed by atoms with Crippen LogP contribution in [-0.4, -0.2) is 35.7 Å². The van der Waals surface area contributed by atoms with E-state index in [-0.39, 0.29) is 29.2 Å². The number of nitrogens with zero attached hydrogens (tertiary/aromatic N) is 1. The van der Waals surface area contributed by atoms with Gasteiger partial charge in [-0.05, 0) is 81.3 Å². The molecule has 0 bridgehead atoms. The number of halogens is 3. The molecule has 3 amide bonds. The zero-order valence-electron chi connectivity index (χ0n) is 19.3. The van der Waals surface area contributed by atoms with Crippen molar-refractivity contribution in [2.24, 2.45) is 0 Å². The second-order valence-corrected chi connectivity index (χ2v) is 10.4. The van der Waals surface area contributed by atoms with Crippen LogP contribution in [0.4, 0.5) is 10.5 Å². The van der Waals surface area contributed by atoms with Gasteiger partial charge in [-0.1, -0.05) is 47.5 Å². The van der Waals surface area contributed by atoms with E-state index in [1.54, 1.807) is 66.7 Å². The number of amides is 3. The van der Waals surface area contributed by atoms with Crippen molar-refractivity contribution in [3.63, 3.8) is 0 Å². The van der Waals surface area contributed by atoms with E-state index < -0.39 is 5.91 Å². The molecular formula is C26H19BrCl2N2O5S. The van der Waals surface area contributed by atoms with Crippen molar-refractivity contribution in [3.05, 3.63) is 91.2 Å². The topological polar surface area (TPSA) is 84.9 Å². The molecule has 0 aliphatic carbocycles. The molecule has 0 atom stereocenters. The number of hydrogen-bond acceptors (Lipinski definition) is 6. The molecule has 1 N–H and O–H groups in total. The predicted octanol–water partition coefficient (Wildman–Crippen LogP) is 7.02. The third kappa shape index (κ3) is 6.67. The lowest BCUT2D eigenvalue weighted by Gasteiger charge is -2.13. The molecule has 37 heavy (non-hydrogen) atoms. The van der Waals surface area contributed by atoms with E-state index in [1.165, 1.54) is 7.11 Å². The number of rotatable bonds is 8. The van der Waals surface area contributed by atoms with Gasteiger partial charge >= 0.3 is 0 Å². The van der Waals surface area contributed by atoms with Crippen LogP contribution in [0.5, 0.6) is 11.5 Å². The van der Waals surface area contributed by atoms with E-state index in [9.17, 15) is 14.4 Å². The van der Waals surface area contributed by atoms with Crippen LogP contribution in [0, 0.1) is 0 Å². The van der Waals surface area contributed by atoms with E-state index in [0.717, 1.165) is 21.1 Å². The molecule has 3 aromatic rings. The van der Waals surface area contributed by atoms with Crippen LogP contribution in [-0.2, 0) is 16.1 Å². The number of carbonyl (C=O) groups is 3. The van der Waals surface area contributed by atoms with Crippen molar-refractivity contribution in [1.82, 2.24) is 4.90 Å². The summed E-state index contributed by atoms with van der Waals surface area (Å²) in [7, 11) is 1.47. The Hall–Kier alpha value is -2.98. The molecule has 190 valence electrons. The van der Waals surface area contributed by atoms with Crippen LogP contribution >= 0.6 is 50.9 Å². The van der Waals surface area contributed by atoms with Gasteiger partial charge in [0.1, 0.15) is 0 Å². The van der Waals surface area contributed by atoms with Gasteiger partial charge in [0.2, 0.25) is 0 Å². The predicted molar refractivity (Wildman–Crippen MR) is 149 cm³/mol. The van der Waals surface area contributed by atoms with Crippen LogP contribution in [0.2, 0.25) is 10.0 Å². The van der Waals surface area contributed by atoms with Gasteiger partial charge in [0, 0.05) is 15.2 Å². The van der Waals surface area contributed by atoms with Crippen molar-refractivity contribution in [2.45, 2.75) is 6.54 Å². The van der Waals surface area contributed by atoms with Crippen LogP contribution in [0.3, 0.4) is 0 Å². The number of hydrogen-bond donors (Lipinski definition) is 1. The van der Waals surface area contributed by atoms with Crippen LogP contribution in [0.15, 0.2) is 70.0 Å². The number of carbonyl (C=O) groups excluding carboxylic acids is 3. The van der Waals surface area contributed by atoms with Gasteiger partial charge < -0.3 is 14.8 Å². The lowest BCUT2D eigenvalue weighted by Crippen LogP contribution is -2.27. The zero-order chi connectivity index (χ0) is 26.5. The molecule has 0 radical (unpaired) electrons. The van der Waals surface area contributed by atoms with Gasteiger partial charge in [0.15, 0.2) is 18.1 Å². The normalized spacial score (nSPS) is 14.3. The first-order valence-electron chi connectivity index (χ1n) is 10.8. The van der Waals surface area contributed by atoms with Crippen molar-refractivity contribution in [3.8, 4) is 11.5 Å². The molecule has 0 spiro atoms. The number of imide groups is 1. The summed E-state index contributed by atoms with van der Waals surface area (Å²) < 4.78 is 11.7. The van der Waals surface area contributed by atoms with Crippen molar-refractivity contribution in [1.29, 1.82) is 0 Å². The molecule has 1 aliphatic heterocycles. The third-order valence-electron chi connectivity index (χ3n) is 5.21. The minimum Gasteiger partial charge on any atom is -0.493 e. The average Bonchev–Trinajstić information content (AvgIpc) is 3.13. The summed E-state index contributed by atoms with van der Waals surface area (Å²) in [5.41, 5.74) is 1.84. The van der Waals surface area contributed by atoms with Gasteiger partial charge in [-0.25, -0.2) is 0 Å². The summed E-state index contributed by atoms with van der Waals surface area (Å²) in [6.45, 7) is -0.170. The molecule has 1 aliphatic rings. The summed E-state index contributed by atoms with van der Waals surface area (Å²) in [5.74, 6) is -0.0744. The Balaban J connectivity index is 1.42. The minimum absolute atomic E-state index is 0.0896. The zero-order valence-corrected chi connectivity index (χ0v) is 23.2. The lowest BCUT2D eigenvalue weighted by molar-refractivity contribution is -0.123. The van der Waals surface area contributed by atoms with Crippen LogP contribution in [0.1, 0.15) is 11.1 Å². The molecule has 3 aromatic carbocycles. The number of nitrogens with one attached hydrogen (secondary N) is 1. The highest BCUT2D eigenvalue weighted by molar-refractivity contribution is 9.10. The first-order valence-corrected chi connectivity index (χ1v) is 13.2. The Morgan fingerprint density at radius 2 is 1.84 bits per heavy atom. The number of ether oxygens (including phenoxy) is 2. The Morgan fingerprint density at radius 3 is 2.57 bits per heavy atom. The molecule has 0 saturated carbocycles. The largest absolute Gasteiger partial charge is 0.493 e. The van der Waals surface area contributed by atoms with E-state index in [4.69, 9.17) is 32.7 Å². The molecule has 7 nitrogen and oxygen atoms in total. The Kier molecular flexibility index (Phi) is 8.81. The fourth-order valence-corrected chi connectivity index (χ4v) is 4.85. The fraction of sp³-hybridized carbons (Fsp3) is 0.115. The molecule has 4 rings (SSSR count). The Morgan fingerprint density at radius 1 is 1.05 bits per heavy atom. The van der Waals surface area contributed by atoms with E-state index in [1.807, 2.05) is 0 Å². The molecule has 0 unspecified atom stereocenters. The molecule has 1 fully saturated rings. The third-order valence-corrected chi connectivity index (χ3v) is 7.72. The lowest BCUT2D eigenvalue weighted by atomic mass is 10.1. The maximum atomic E-state index is 12.9. The van der Waals surface area contributed by atoms with Crippen molar-refractivity contribution < 1.29 is 23.9 Å². The second-order valence-electron chi connectivity index (χ2n) is 7.74. The van der Waals surface area contributed by atoms with Gasteiger partial charge in [-0.2, -0.15) is 0 Å². The Labute approximate surface area is 235 Å². The van der Waals surface area contributed by atoms with Crippen LogP contribution in [0.25, 0.3) is 6.08 Å². The van der Waals surface area contributed by atoms with Gasteiger partial charge in [0.05, 0.1) is 23.6 Å². The first-order chi connectivity index (χ1) is 17.7. The quantitative estimate of drug-likeness (QED) is 0.272. The first kappa shape index (κ1) is 27.1. The summed E-state index contributed by atoms with van der Waals surface area (Å²) in [6.07, 6.45) is 1.60. The number of methoxy groups -OCH3 is 1. The highest BCUT2D eigenvalue weighted by Crippen LogP contribution is 2.36. The highest BCUT2D eigenvalue weighted by Gasteiger charge is 2.35. The summed E-state index contributed by atoms with van der Waals surface area (Å²) in [5, 5.41) is 3.29. The number of benzene rings is 3. The summed E-state index contributed by atoms with van der Waals surface area (Å²) >= 11 is 16.4. The van der Waals surface area contributed by atoms with E-state index in [0.29, 0.717) is 38.4 Å². The monoisotopic (exact) mass is 620 g/mol. The van der Waals surface area contributed by atoms with Gasteiger partial charge in [-0.3, -0.25) is 19.3 Å². The maximum Gasteiger partial charge on any atom is 0.293 e. The number of anilines is 1. The smallest absolute Gasteiger partial charge is 0.293 e. The SMILES string of the molecule is COc1cc(/C=C2/SC(=O)N(Cc3ccccc3Cl)C2=O)ccc1OCC(=O)Nc1ccc(Br)c(Cl)c1. The highest BCUT2D eigenvalue weighted by atomic mass is 79.9. The number of thioether (sulfide) groups is 1. The molecule has 0 aromatic heterocycles. The standard InChI is InChI=1S/C26H19BrCl2N2O5S/c1-35-22-10-15(6-9-21(22)36-14-24(32)30-17-7-8-18(27)20(29)12-17)11-23-25(33)31(26(34)37-23)13-16-4-2-3-5-19(16)28/h2-12H,13-14H2,1H3,(H,30,32)/b23-11+. The Bertz CT molecular complexity index is 1420. The molecule has 11 heteroatoms. The summed E-state index contributed by atoms with van der Waals surface area (Å²) in [6, 6.07) is 17.1. The average molecular weight is 622 g/mol. The van der Waals surface area contributed by atoms with E-state index >= 15 is 0 Å².